The van der Waals surface area contributed by atoms with E-state index in [1.165, 1.54) is 24.0 Å². The van der Waals surface area contributed by atoms with Crippen molar-refractivity contribution in [1.82, 2.24) is 20.2 Å². The summed E-state index contributed by atoms with van der Waals surface area (Å²) in [6.45, 7) is 2.79. The maximum Gasteiger partial charge on any atom is 0.318 e. The van der Waals surface area contributed by atoms with Gasteiger partial charge in [-0.1, -0.05) is 18.9 Å². The molecule has 1 saturated carbocycles. The van der Waals surface area contributed by atoms with Gasteiger partial charge in [-0.2, -0.15) is 0 Å². The van der Waals surface area contributed by atoms with E-state index in [9.17, 15) is 4.79 Å². The standard InChI is InChI=1S/C19H23BrN4O/c1-12-8-13(17-11-22-18-16(17)9-14(20)10-21-18)6-7-24(12)19(25)23-15-4-2-3-5-15/h6,9-12,15H,2-5,7-8H2,1H3,(H,21,22)(H,23,25). The number of rotatable bonds is 2. The molecule has 1 aliphatic carbocycles. The quantitative estimate of drug-likeness (QED) is 0.778. The highest BCUT2D eigenvalue weighted by Crippen LogP contribution is 2.32. The summed E-state index contributed by atoms with van der Waals surface area (Å²) < 4.78 is 0.975. The summed E-state index contributed by atoms with van der Waals surface area (Å²) in [6.07, 6.45) is 11.6. The van der Waals surface area contributed by atoms with Gasteiger partial charge >= 0.3 is 6.03 Å². The fraction of sp³-hybridized carbons (Fsp3) is 0.474. The van der Waals surface area contributed by atoms with Crippen LogP contribution in [0.15, 0.2) is 29.0 Å². The van der Waals surface area contributed by atoms with Gasteiger partial charge < -0.3 is 15.2 Å². The van der Waals surface area contributed by atoms with Crippen molar-refractivity contribution in [3.63, 3.8) is 0 Å². The Hall–Kier alpha value is -1.82. The largest absolute Gasteiger partial charge is 0.346 e. The first-order chi connectivity index (χ1) is 12.1. The van der Waals surface area contributed by atoms with Crippen LogP contribution >= 0.6 is 15.9 Å². The van der Waals surface area contributed by atoms with E-state index in [1.54, 1.807) is 6.20 Å². The van der Waals surface area contributed by atoms with Gasteiger partial charge in [0.05, 0.1) is 0 Å². The third-order valence-corrected chi connectivity index (χ3v) is 5.80. The molecule has 0 radical (unpaired) electrons. The molecule has 132 valence electrons. The zero-order valence-electron chi connectivity index (χ0n) is 14.4. The van der Waals surface area contributed by atoms with Crippen LogP contribution in [0.3, 0.4) is 0 Å². The number of H-pyrrole nitrogens is 1. The van der Waals surface area contributed by atoms with Gasteiger partial charge in [0.2, 0.25) is 0 Å². The number of halogens is 1. The molecule has 0 saturated heterocycles. The van der Waals surface area contributed by atoms with Gasteiger partial charge in [-0.25, -0.2) is 9.78 Å². The summed E-state index contributed by atoms with van der Waals surface area (Å²) in [6, 6.07) is 2.73. The van der Waals surface area contributed by atoms with Crippen LogP contribution in [-0.4, -0.2) is 39.5 Å². The van der Waals surface area contributed by atoms with Gasteiger partial charge in [0.1, 0.15) is 5.65 Å². The topological polar surface area (TPSA) is 61.0 Å². The van der Waals surface area contributed by atoms with Crippen molar-refractivity contribution < 1.29 is 4.79 Å². The summed E-state index contributed by atoms with van der Waals surface area (Å²) in [5, 5.41) is 4.32. The Bertz CT molecular complexity index is 822. The van der Waals surface area contributed by atoms with Gasteiger partial charge in [0, 0.05) is 46.4 Å². The molecular weight excluding hydrogens is 380 g/mol. The fourth-order valence-electron chi connectivity index (χ4n) is 3.97. The molecule has 0 aromatic carbocycles. The first-order valence-electron chi connectivity index (χ1n) is 9.01. The van der Waals surface area contributed by atoms with Crippen LogP contribution in [0.1, 0.15) is 44.6 Å². The van der Waals surface area contributed by atoms with Crippen molar-refractivity contribution in [3.05, 3.63) is 34.6 Å². The maximum atomic E-state index is 12.6. The van der Waals surface area contributed by atoms with E-state index in [2.05, 4.69) is 50.3 Å². The van der Waals surface area contributed by atoms with E-state index in [-0.39, 0.29) is 12.1 Å². The molecule has 3 heterocycles. The third-order valence-electron chi connectivity index (χ3n) is 5.37. The molecule has 1 aliphatic heterocycles. The first-order valence-corrected chi connectivity index (χ1v) is 9.80. The predicted octanol–water partition coefficient (Wildman–Crippen LogP) is 4.46. The highest BCUT2D eigenvalue weighted by Gasteiger charge is 2.27. The molecular formula is C19H23BrN4O. The Morgan fingerprint density at radius 3 is 2.96 bits per heavy atom. The van der Waals surface area contributed by atoms with Gasteiger partial charge in [-0.3, -0.25) is 0 Å². The van der Waals surface area contributed by atoms with Crippen LogP contribution in [0.25, 0.3) is 16.6 Å². The molecule has 1 unspecified atom stereocenters. The van der Waals surface area contributed by atoms with Gasteiger partial charge in [0.25, 0.3) is 0 Å². The zero-order chi connectivity index (χ0) is 17.4. The van der Waals surface area contributed by atoms with E-state index >= 15 is 0 Å². The number of carbonyl (C=O) groups excluding carboxylic acids is 1. The molecule has 2 amide bonds. The van der Waals surface area contributed by atoms with Crippen LogP contribution in [0, 0.1) is 0 Å². The summed E-state index contributed by atoms with van der Waals surface area (Å²) >= 11 is 3.50. The molecule has 0 spiro atoms. The predicted molar refractivity (Wildman–Crippen MR) is 103 cm³/mol. The van der Waals surface area contributed by atoms with Crippen molar-refractivity contribution in [2.24, 2.45) is 0 Å². The van der Waals surface area contributed by atoms with Crippen LogP contribution in [0.2, 0.25) is 0 Å². The van der Waals surface area contributed by atoms with E-state index in [0.717, 1.165) is 34.8 Å². The second kappa shape index (κ2) is 6.83. The third kappa shape index (κ3) is 3.32. The second-order valence-corrected chi connectivity index (χ2v) is 8.03. The summed E-state index contributed by atoms with van der Waals surface area (Å²) in [4.78, 5) is 22.2. The number of nitrogens with one attached hydrogen (secondary N) is 2. The Kier molecular flexibility index (Phi) is 4.54. The van der Waals surface area contributed by atoms with E-state index in [0.29, 0.717) is 12.6 Å². The lowest BCUT2D eigenvalue weighted by atomic mass is 9.95. The van der Waals surface area contributed by atoms with Gasteiger partial charge in [-0.15, -0.1) is 0 Å². The smallest absolute Gasteiger partial charge is 0.318 e. The van der Waals surface area contributed by atoms with Crippen molar-refractivity contribution in [2.45, 2.75) is 51.1 Å². The van der Waals surface area contributed by atoms with Crippen LogP contribution < -0.4 is 5.32 Å². The maximum absolute atomic E-state index is 12.6. The molecule has 2 aromatic heterocycles. The first kappa shape index (κ1) is 16.6. The number of hydrogen-bond acceptors (Lipinski definition) is 2. The number of urea groups is 1. The minimum Gasteiger partial charge on any atom is -0.346 e. The lowest BCUT2D eigenvalue weighted by Gasteiger charge is -2.34. The molecule has 2 aliphatic rings. The van der Waals surface area contributed by atoms with Crippen molar-refractivity contribution in [3.8, 4) is 0 Å². The Morgan fingerprint density at radius 1 is 1.40 bits per heavy atom. The molecule has 0 bridgehead atoms. The minimum atomic E-state index is 0.0815. The molecule has 1 fully saturated rings. The van der Waals surface area contributed by atoms with Crippen LogP contribution in [0.4, 0.5) is 4.79 Å². The second-order valence-electron chi connectivity index (χ2n) is 7.12. The van der Waals surface area contributed by atoms with Gasteiger partial charge in [0.15, 0.2) is 0 Å². The lowest BCUT2D eigenvalue weighted by molar-refractivity contribution is 0.181. The Labute approximate surface area is 156 Å². The molecule has 25 heavy (non-hydrogen) atoms. The number of amides is 2. The number of aromatic amines is 1. The van der Waals surface area contributed by atoms with E-state index < -0.39 is 0 Å². The lowest BCUT2D eigenvalue weighted by Crippen LogP contribution is -2.49. The summed E-state index contributed by atoms with van der Waals surface area (Å²) in [7, 11) is 0. The normalized spacial score (nSPS) is 21.6. The summed E-state index contributed by atoms with van der Waals surface area (Å²) in [5.74, 6) is 0. The Morgan fingerprint density at radius 2 is 2.20 bits per heavy atom. The molecule has 2 N–H and O–H groups in total. The molecule has 2 aromatic rings. The van der Waals surface area contributed by atoms with Crippen LogP contribution in [-0.2, 0) is 0 Å². The van der Waals surface area contributed by atoms with Gasteiger partial charge in [-0.05, 0) is 53.8 Å². The van der Waals surface area contributed by atoms with E-state index in [1.807, 2.05) is 11.1 Å². The monoisotopic (exact) mass is 402 g/mol. The highest BCUT2D eigenvalue weighted by molar-refractivity contribution is 9.10. The van der Waals surface area contributed by atoms with Crippen molar-refractivity contribution >= 4 is 38.6 Å². The molecule has 6 heteroatoms. The number of carbonyl (C=O) groups is 1. The molecule has 5 nitrogen and oxygen atoms in total. The highest BCUT2D eigenvalue weighted by atomic mass is 79.9. The average Bonchev–Trinajstić information content (AvgIpc) is 3.23. The van der Waals surface area contributed by atoms with E-state index in [4.69, 9.17) is 0 Å². The number of hydrogen-bond donors (Lipinski definition) is 2. The number of aromatic nitrogens is 2. The molecule has 1 atom stereocenters. The number of pyridine rings is 1. The molecule has 4 rings (SSSR count). The van der Waals surface area contributed by atoms with Crippen molar-refractivity contribution in [2.75, 3.05) is 6.54 Å². The number of fused-ring (bicyclic) bond motifs is 1. The SMILES string of the molecule is CC1CC(c2c[nH]c3ncc(Br)cc23)=CCN1C(=O)NC1CCCC1. The van der Waals surface area contributed by atoms with Crippen molar-refractivity contribution in [1.29, 1.82) is 0 Å². The van der Waals surface area contributed by atoms with Crippen LogP contribution in [0.5, 0.6) is 0 Å². The fourth-order valence-corrected chi connectivity index (χ4v) is 4.31. The summed E-state index contributed by atoms with van der Waals surface area (Å²) in [5.41, 5.74) is 3.36. The minimum absolute atomic E-state index is 0.0815. The average molecular weight is 403 g/mol. The zero-order valence-corrected chi connectivity index (χ0v) is 16.0. The number of nitrogens with zero attached hydrogens (tertiary/aromatic N) is 2. The Balaban J connectivity index is 1.52.